The predicted octanol–water partition coefficient (Wildman–Crippen LogP) is 3.15. The maximum absolute atomic E-state index is 5.40. The van der Waals surface area contributed by atoms with Crippen LogP contribution < -0.4 is 0 Å². The fraction of sp³-hybridized carbons (Fsp3) is 0.222. The summed E-state index contributed by atoms with van der Waals surface area (Å²) >= 11 is 3.21. The van der Waals surface area contributed by atoms with E-state index in [2.05, 4.69) is 33.9 Å². The van der Waals surface area contributed by atoms with E-state index in [4.69, 9.17) is 4.42 Å². The fourth-order valence-corrected chi connectivity index (χ4v) is 1.61. The SMILES string of the molecule is CCc1cccc2nc(Br)oc12. The highest BCUT2D eigenvalue weighted by Gasteiger charge is 2.05. The van der Waals surface area contributed by atoms with Gasteiger partial charge in [-0.15, -0.1) is 0 Å². The molecule has 1 aromatic heterocycles. The summed E-state index contributed by atoms with van der Waals surface area (Å²) in [5.74, 6) is 0. The Balaban J connectivity index is 2.78. The number of halogens is 1. The summed E-state index contributed by atoms with van der Waals surface area (Å²) in [5.41, 5.74) is 3.01. The molecule has 0 aliphatic rings. The molecule has 2 rings (SSSR count). The van der Waals surface area contributed by atoms with Crippen molar-refractivity contribution in [3.8, 4) is 0 Å². The van der Waals surface area contributed by atoms with Gasteiger partial charge in [0.05, 0.1) is 0 Å². The summed E-state index contributed by atoms with van der Waals surface area (Å²) in [5, 5.41) is 0. The number of aromatic nitrogens is 1. The first-order chi connectivity index (χ1) is 5.81. The van der Waals surface area contributed by atoms with E-state index in [0.29, 0.717) is 4.80 Å². The highest BCUT2D eigenvalue weighted by Crippen LogP contribution is 2.22. The third kappa shape index (κ3) is 1.14. The summed E-state index contributed by atoms with van der Waals surface area (Å²) in [6.45, 7) is 2.10. The zero-order chi connectivity index (χ0) is 8.55. The van der Waals surface area contributed by atoms with Crippen LogP contribution in [0.2, 0.25) is 0 Å². The van der Waals surface area contributed by atoms with E-state index < -0.39 is 0 Å². The van der Waals surface area contributed by atoms with Gasteiger partial charge in [-0.2, -0.15) is 0 Å². The van der Waals surface area contributed by atoms with Crippen LogP contribution in [0, 0.1) is 0 Å². The molecule has 2 nitrogen and oxygen atoms in total. The summed E-state index contributed by atoms with van der Waals surface area (Å²) in [4.78, 5) is 4.73. The summed E-state index contributed by atoms with van der Waals surface area (Å²) in [7, 11) is 0. The van der Waals surface area contributed by atoms with Crippen molar-refractivity contribution in [3.63, 3.8) is 0 Å². The minimum atomic E-state index is 0.554. The zero-order valence-corrected chi connectivity index (χ0v) is 8.26. The minimum absolute atomic E-state index is 0.554. The summed E-state index contributed by atoms with van der Waals surface area (Å²) in [6.07, 6.45) is 0.971. The lowest BCUT2D eigenvalue weighted by molar-refractivity contribution is 0.567. The zero-order valence-electron chi connectivity index (χ0n) is 6.67. The predicted molar refractivity (Wildman–Crippen MR) is 51.1 cm³/mol. The second-order valence-electron chi connectivity index (χ2n) is 2.59. The van der Waals surface area contributed by atoms with E-state index in [-0.39, 0.29) is 0 Å². The second kappa shape index (κ2) is 2.90. The van der Waals surface area contributed by atoms with Crippen molar-refractivity contribution >= 4 is 27.0 Å². The van der Waals surface area contributed by atoms with E-state index in [1.54, 1.807) is 0 Å². The number of fused-ring (bicyclic) bond motifs is 1. The second-order valence-corrected chi connectivity index (χ2v) is 3.26. The van der Waals surface area contributed by atoms with Gasteiger partial charge in [0.25, 0.3) is 4.80 Å². The quantitative estimate of drug-likeness (QED) is 0.746. The minimum Gasteiger partial charge on any atom is -0.431 e. The number of hydrogen-bond acceptors (Lipinski definition) is 2. The van der Waals surface area contributed by atoms with Gasteiger partial charge in [0.15, 0.2) is 5.58 Å². The van der Waals surface area contributed by atoms with Crippen LogP contribution in [-0.4, -0.2) is 4.98 Å². The molecule has 0 bridgehead atoms. The van der Waals surface area contributed by atoms with Crippen LogP contribution in [-0.2, 0) is 6.42 Å². The molecule has 1 aromatic carbocycles. The Bertz CT molecular complexity index is 408. The average Bonchev–Trinajstić information content (AvgIpc) is 2.44. The molecule has 0 unspecified atom stereocenters. The first-order valence-corrected chi connectivity index (χ1v) is 4.64. The molecule has 0 spiro atoms. The van der Waals surface area contributed by atoms with E-state index in [0.717, 1.165) is 17.5 Å². The van der Waals surface area contributed by atoms with Crippen molar-refractivity contribution in [2.24, 2.45) is 0 Å². The maximum Gasteiger partial charge on any atom is 0.265 e. The van der Waals surface area contributed by atoms with Gasteiger partial charge in [-0.05, 0) is 18.1 Å². The molecule has 0 aliphatic carbocycles. The summed E-state index contributed by atoms with van der Waals surface area (Å²) in [6, 6.07) is 6.00. The van der Waals surface area contributed by atoms with Crippen LogP contribution >= 0.6 is 15.9 Å². The van der Waals surface area contributed by atoms with Gasteiger partial charge >= 0.3 is 0 Å². The summed E-state index contributed by atoms with van der Waals surface area (Å²) < 4.78 is 5.40. The van der Waals surface area contributed by atoms with Gasteiger partial charge in [0.1, 0.15) is 5.52 Å². The molecule has 0 amide bonds. The lowest BCUT2D eigenvalue weighted by Crippen LogP contribution is -1.79. The molecule has 2 aromatic rings. The number of rotatable bonds is 1. The highest BCUT2D eigenvalue weighted by molar-refractivity contribution is 9.10. The van der Waals surface area contributed by atoms with Gasteiger partial charge in [-0.3, -0.25) is 0 Å². The monoisotopic (exact) mass is 225 g/mol. The van der Waals surface area contributed by atoms with Crippen LogP contribution in [0.4, 0.5) is 0 Å². The molecular weight excluding hydrogens is 218 g/mol. The van der Waals surface area contributed by atoms with Gasteiger partial charge in [-0.25, -0.2) is 4.98 Å². The Kier molecular flexibility index (Phi) is 1.89. The van der Waals surface area contributed by atoms with E-state index >= 15 is 0 Å². The highest BCUT2D eigenvalue weighted by atomic mass is 79.9. The molecule has 0 fully saturated rings. The number of para-hydroxylation sites is 1. The number of nitrogens with zero attached hydrogens (tertiary/aromatic N) is 1. The van der Waals surface area contributed by atoms with Crippen LogP contribution in [0.3, 0.4) is 0 Å². The molecular formula is C9H8BrNO. The van der Waals surface area contributed by atoms with Crippen molar-refractivity contribution < 1.29 is 4.42 Å². The number of oxazole rings is 1. The third-order valence-corrected chi connectivity index (χ3v) is 2.19. The first-order valence-electron chi connectivity index (χ1n) is 3.85. The first kappa shape index (κ1) is 7.80. The van der Waals surface area contributed by atoms with Gasteiger partial charge in [0.2, 0.25) is 0 Å². The molecule has 1 heterocycles. The van der Waals surface area contributed by atoms with Crippen LogP contribution in [0.25, 0.3) is 11.1 Å². The Labute approximate surface area is 78.7 Å². The lowest BCUT2D eigenvalue weighted by Gasteiger charge is -1.93. The van der Waals surface area contributed by atoms with Crippen molar-refractivity contribution in [2.75, 3.05) is 0 Å². The lowest BCUT2D eigenvalue weighted by atomic mass is 10.1. The van der Waals surface area contributed by atoms with Crippen molar-refractivity contribution in [3.05, 3.63) is 28.6 Å². The number of benzene rings is 1. The Hall–Kier alpha value is -0.830. The van der Waals surface area contributed by atoms with E-state index in [9.17, 15) is 0 Å². The standard InChI is InChI=1S/C9H8BrNO/c1-2-6-4-3-5-7-8(6)12-9(10)11-7/h3-5H,2H2,1H3. The number of aryl methyl sites for hydroxylation is 1. The Morgan fingerprint density at radius 2 is 2.33 bits per heavy atom. The number of hydrogen-bond donors (Lipinski definition) is 0. The molecule has 12 heavy (non-hydrogen) atoms. The van der Waals surface area contributed by atoms with Gasteiger partial charge in [0, 0.05) is 15.9 Å². The molecule has 0 N–H and O–H groups in total. The normalized spacial score (nSPS) is 10.8. The topological polar surface area (TPSA) is 26.0 Å². The largest absolute Gasteiger partial charge is 0.431 e. The van der Waals surface area contributed by atoms with E-state index in [1.165, 1.54) is 5.56 Å². The molecule has 0 saturated heterocycles. The fourth-order valence-electron chi connectivity index (χ4n) is 1.26. The smallest absolute Gasteiger partial charge is 0.265 e. The molecule has 62 valence electrons. The molecule has 0 saturated carbocycles. The average molecular weight is 226 g/mol. The Morgan fingerprint density at radius 1 is 1.50 bits per heavy atom. The third-order valence-electron chi connectivity index (χ3n) is 1.85. The molecule has 0 radical (unpaired) electrons. The van der Waals surface area contributed by atoms with Crippen LogP contribution in [0.5, 0.6) is 0 Å². The molecule has 0 atom stereocenters. The maximum atomic E-state index is 5.40. The Morgan fingerprint density at radius 3 is 3.08 bits per heavy atom. The van der Waals surface area contributed by atoms with Crippen molar-refractivity contribution in [1.82, 2.24) is 4.98 Å². The van der Waals surface area contributed by atoms with Crippen LogP contribution in [0.15, 0.2) is 27.4 Å². The van der Waals surface area contributed by atoms with Crippen LogP contribution in [0.1, 0.15) is 12.5 Å². The molecule has 0 aliphatic heterocycles. The van der Waals surface area contributed by atoms with Gasteiger partial charge in [-0.1, -0.05) is 19.1 Å². The van der Waals surface area contributed by atoms with E-state index in [1.807, 2.05) is 12.1 Å². The van der Waals surface area contributed by atoms with Crippen molar-refractivity contribution in [1.29, 1.82) is 0 Å². The van der Waals surface area contributed by atoms with Crippen molar-refractivity contribution in [2.45, 2.75) is 13.3 Å². The molecule has 3 heteroatoms. The van der Waals surface area contributed by atoms with Gasteiger partial charge < -0.3 is 4.42 Å².